The van der Waals surface area contributed by atoms with Gasteiger partial charge in [0.1, 0.15) is 0 Å². The number of benzene rings is 1. The molecule has 22 heavy (non-hydrogen) atoms. The fraction of sp³-hybridized carbons (Fsp3) is 0.250. The van der Waals surface area contributed by atoms with E-state index in [0.29, 0.717) is 12.1 Å². The van der Waals surface area contributed by atoms with Crippen LogP contribution in [0.5, 0.6) is 0 Å². The number of nitrogens with one attached hydrogen (secondary N) is 2. The van der Waals surface area contributed by atoms with Gasteiger partial charge in [-0.05, 0) is 29.8 Å². The Balaban J connectivity index is 1.77. The van der Waals surface area contributed by atoms with Crippen molar-refractivity contribution in [2.24, 2.45) is 10.7 Å². The summed E-state index contributed by atoms with van der Waals surface area (Å²) in [5.41, 5.74) is 6.78. The highest BCUT2D eigenvalue weighted by molar-refractivity contribution is 5.92. The SMILES string of the molecule is CN=C(NCCn1cccc1)NCc1ccc(C(N)=O)cc1. The van der Waals surface area contributed by atoms with Gasteiger partial charge in [0.25, 0.3) is 0 Å². The first-order valence-electron chi connectivity index (χ1n) is 7.13. The molecular weight excluding hydrogens is 278 g/mol. The number of carbonyl (C=O) groups is 1. The smallest absolute Gasteiger partial charge is 0.248 e. The van der Waals surface area contributed by atoms with Crippen molar-refractivity contribution in [3.05, 3.63) is 59.9 Å². The minimum Gasteiger partial charge on any atom is -0.366 e. The normalized spacial score (nSPS) is 11.2. The Morgan fingerprint density at radius 1 is 1.18 bits per heavy atom. The fourth-order valence-corrected chi connectivity index (χ4v) is 2.02. The fourth-order valence-electron chi connectivity index (χ4n) is 2.02. The number of aromatic nitrogens is 1. The zero-order valence-corrected chi connectivity index (χ0v) is 12.6. The molecule has 1 amide bonds. The summed E-state index contributed by atoms with van der Waals surface area (Å²) < 4.78 is 2.10. The van der Waals surface area contributed by atoms with Crippen LogP contribution in [-0.2, 0) is 13.1 Å². The number of nitrogens with zero attached hydrogens (tertiary/aromatic N) is 2. The molecule has 6 heteroatoms. The average Bonchev–Trinajstić information content (AvgIpc) is 3.04. The van der Waals surface area contributed by atoms with Crippen molar-refractivity contribution in [3.8, 4) is 0 Å². The summed E-state index contributed by atoms with van der Waals surface area (Å²) in [5, 5.41) is 6.48. The van der Waals surface area contributed by atoms with Crippen molar-refractivity contribution < 1.29 is 4.79 Å². The largest absolute Gasteiger partial charge is 0.366 e. The number of carbonyl (C=O) groups excluding carboxylic acids is 1. The zero-order valence-electron chi connectivity index (χ0n) is 12.6. The van der Waals surface area contributed by atoms with Crippen molar-refractivity contribution in [1.82, 2.24) is 15.2 Å². The molecular formula is C16H21N5O. The van der Waals surface area contributed by atoms with Crippen molar-refractivity contribution in [2.75, 3.05) is 13.6 Å². The summed E-state index contributed by atoms with van der Waals surface area (Å²) in [7, 11) is 1.74. The van der Waals surface area contributed by atoms with Crippen LogP contribution in [0.1, 0.15) is 15.9 Å². The molecule has 0 radical (unpaired) electrons. The second-order valence-electron chi connectivity index (χ2n) is 4.83. The van der Waals surface area contributed by atoms with Crippen molar-refractivity contribution in [2.45, 2.75) is 13.1 Å². The number of amides is 1. The molecule has 1 aromatic carbocycles. The summed E-state index contributed by atoms with van der Waals surface area (Å²) in [6.07, 6.45) is 4.05. The van der Waals surface area contributed by atoms with Gasteiger partial charge >= 0.3 is 0 Å². The van der Waals surface area contributed by atoms with Crippen LogP contribution in [0.4, 0.5) is 0 Å². The maximum Gasteiger partial charge on any atom is 0.248 e. The lowest BCUT2D eigenvalue weighted by atomic mass is 10.1. The van der Waals surface area contributed by atoms with Gasteiger partial charge in [-0.2, -0.15) is 0 Å². The monoisotopic (exact) mass is 299 g/mol. The van der Waals surface area contributed by atoms with Gasteiger partial charge in [0, 0.05) is 44.6 Å². The molecule has 0 saturated heterocycles. The standard InChI is InChI=1S/C16H21N5O/c1-18-16(19-8-11-21-9-2-3-10-21)20-12-13-4-6-14(7-5-13)15(17)22/h2-7,9-10H,8,11-12H2,1H3,(H2,17,22)(H2,18,19,20). The van der Waals surface area contributed by atoms with Crippen LogP contribution < -0.4 is 16.4 Å². The highest BCUT2D eigenvalue weighted by atomic mass is 16.1. The number of hydrogen-bond acceptors (Lipinski definition) is 2. The molecule has 0 aliphatic rings. The summed E-state index contributed by atoms with van der Waals surface area (Å²) >= 11 is 0. The van der Waals surface area contributed by atoms with Crippen molar-refractivity contribution >= 4 is 11.9 Å². The number of rotatable bonds is 6. The Kier molecular flexibility index (Phi) is 5.59. The molecule has 0 fully saturated rings. The highest BCUT2D eigenvalue weighted by Gasteiger charge is 2.01. The zero-order chi connectivity index (χ0) is 15.8. The average molecular weight is 299 g/mol. The molecule has 2 aromatic rings. The Morgan fingerprint density at radius 3 is 2.45 bits per heavy atom. The second kappa shape index (κ2) is 7.87. The topological polar surface area (TPSA) is 84.4 Å². The summed E-state index contributed by atoms with van der Waals surface area (Å²) in [5.74, 6) is 0.327. The lowest BCUT2D eigenvalue weighted by Crippen LogP contribution is -2.38. The molecule has 0 saturated carbocycles. The van der Waals surface area contributed by atoms with Gasteiger partial charge in [-0.25, -0.2) is 0 Å². The first kappa shape index (κ1) is 15.6. The third kappa shape index (κ3) is 4.66. The predicted octanol–water partition coefficient (Wildman–Crippen LogP) is 0.952. The van der Waals surface area contributed by atoms with E-state index in [4.69, 9.17) is 5.73 Å². The minimum absolute atomic E-state index is 0.415. The molecule has 6 nitrogen and oxygen atoms in total. The molecule has 2 rings (SSSR count). The van der Waals surface area contributed by atoms with Gasteiger partial charge in [0.05, 0.1) is 0 Å². The van der Waals surface area contributed by atoms with E-state index in [9.17, 15) is 4.79 Å². The molecule has 1 heterocycles. The van der Waals surface area contributed by atoms with Gasteiger partial charge in [0.15, 0.2) is 5.96 Å². The lowest BCUT2D eigenvalue weighted by molar-refractivity contribution is 0.100. The molecule has 0 aliphatic heterocycles. The Labute approximate surface area is 130 Å². The summed E-state index contributed by atoms with van der Waals surface area (Å²) in [6.45, 7) is 2.29. The maximum atomic E-state index is 11.0. The highest BCUT2D eigenvalue weighted by Crippen LogP contribution is 2.03. The minimum atomic E-state index is -0.415. The molecule has 0 aliphatic carbocycles. The number of nitrogens with two attached hydrogens (primary N) is 1. The summed E-state index contributed by atoms with van der Waals surface area (Å²) in [6, 6.07) is 11.2. The van der Waals surface area contributed by atoms with Crippen molar-refractivity contribution in [3.63, 3.8) is 0 Å². The van der Waals surface area contributed by atoms with E-state index in [1.165, 1.54) is 0 Å². The Hall–Kier alpha value is -2.76. The first-order chi connectivity index (χ1) is 10.7. The van der Waals surface area contributed by atoms with E-state index in [0.717, 1.165) is 24.6 Å². The number of aliphatic imine (C=N–C) groups is 1. The third-order valence-corrected chi connectivity index (χ3v) is 3.25. The van der Waals surface area contributed by atoms with Gasteiger partial charge < -0.3 is 20.9 Å². The Morgan fingerprint density at radius 2 is 1.86 bits per heavy atom. The molecule has 0 atom stereocenters. The van der Waals surface area contributed by atoms with Crippen molar-refractivity contribution in [1.29, 1.82) is 0 Å². The Bertz CT molecular complexity index is 616. The van der Waals surface area contributed by atoms with E-state index >= 15 is 0 Å². The van der Waals surface area contributed by atoms with E-state index in [1.807, 2.05) is 36.7 Å². The number of primary amides is 1. The van der Waals surface area contributed by atoms with Crippen LogP contribution in [0.3, 0.4) is 0 Å². The van der Waals surface area contributed by atoms with E-state index < -0.39 is 5.91 Å². The molecule has 0 unspecified atom stereocenters. The molecule has 1 aromatic heterocycles. The third-order valence-electron chi connectivity index (χ3n) is 3.25. The quantitative estimate of drug-likeness (QED) is 0.548. The van der Waals surface area contributed by atoms with Crippen LogP contribution in [-0.4, -0.2) is 30.0 Å². The van der Waals surface area contributed by atoms with E-state index in [2.05, 4.69) is 20.2 Å². The number of guanidine groups is 1. The van der Waals surface area contributed by atoms with Gasteiger partial charge in [-0.15, -0.1) is 0 Å². The molecule has 0 bridgehead atoms. The van der Waals surface area contributed by atoms with Gasteiger partial charge in [-0.1, -0.05) is 12.1 Å². The van der Waals surface area contributed by atoms with Crippen LogP contribution in [0, 0.1) is 0 Å². The molecule has 4 N–H and O–H groups in total. The predicted molar refractivity (Wildman–Crippen MR) is 87.6 cm³/mol. The van der Waals surface area contributed by atoms with E-state index in [-0.39, 0.29) is 0 Å². The second-order valence-corrected chi connectivity index (χ2v) is 4.83. The molecule has 116 valence electrons. The first-order valence-corrected chi connectivity index (χ1v) is 7.13. The van der Waals surface area contributed by atoms with E-state index in [1.54, 1.807) is 19.2 Å². The van der Waals surface area contributed by atoms with Gasteiger partial charge in [0.2, 0.25) is 5.91 Å². The van der Waals surface area contributed by atoms with Gasteiger partial charge in [-0.3, -0.25) is 9.79 Å². The maximum absolute atomic E-state index is 11.0. The lowest BCUT2D eigenvalue weighted by Gasteiger charge is -2.12. The van der Waals surface area contributed by atoms with Crippen LogP contribution in [0.2, 0.25) is 0 Å². The van der Waals surface area contributed by atoms with Crippen LogP contribution in [0.15, 0.2) is 53.8 Å². The van der Waals surface area contributed by atoms with Crippen LogP contribution in [0.25, 0.3) is 0 Å². The summed E-state index contributed by atoms with van der Waals surface area (Å²) in [4.78, 5) is 15.2. The number of hydrogen-bond donors (Lipinski definition) is 3. The van der Waals surface area contributed by atoms with Crippen LogP contribution >= 0.6 is 0 Å². The molecule has 0 spiro atoms.